The molecule has 0 amide bonds. The third-order valence-electron chi connectivity index (χ3n) is 2.58. The van der Waals surface area contributed by atoms with Crippen LogP contribution in [0.1, 0.15) is 24.8 Å². The van der Waals surface area contributed by atoms with Crippen LogP contribution in [0.3, 0.4) is 0 Å². The number of nitrogens with one attached hydrogen (secondary N) is 1. The van der Waals surface area contributed by atoms with Crippen LogP contribution in [0.25, 0.3) is 0 Å². The minimum Gasteiger partial charge on any atom is -0.508 e. The number of rotatable bonds is 2. The average molecular weight is 223 g/mol. The Bertz CT molecular complexity index is 274. The van der Waals surface area contributed by atoms with Gasteiger partial charge in [-0.05, 0) is 44.0 Å². The van der Waals surface area contributed by atoms with Crippen LogP contribution >= 0.6 is 0 Å². The molecule has 1 aromatic carbocycles. The molecule has 0 unspecified atom stereocenters. The summed E-state index contributed by atoms with van der Waals surface area (Å²) in [5.74, 6) is 0.261. The van der Waals surface area contributed by atoms with Crippen LogP contribution in [0.4, 0.5) is 0 Å². The fraction of sp³-hybridized carbons (Fsp3) is 0.538. The fourth-order valence-corrected chi connectivity index (χ4v) is 1.64. The highest BCUT2D eigenvalue weighted by atomic mass is 16.3. The van der Waals surface area contributed by atoms with Crippen molar-refractivity contribution in [2.45, 2.75) is 25.7 Å². The Morgan fingerprint density at radius 1 is 1.06 bits per heavy atom. The van der Waals surface area contributed by atoms with Crippen LogP contribution in [0.15, 0.2) is 24.3 Å². The third-order valence-corrected chi connectivity index (χ3v) is 2.58. The molecule has 1 aromatic rings. The number of phenols is 1. The lowest BCUT2D eigenvalue weighted by Gasteiger charge is -2.08. The van der Waals surface area contributed by atoms with Crippen LogP contribution in [-0.2, 0) is 6.42 Å². The van der Waals surface area contributed by atoms with Gasteiger partial charge in [0.1, 0.15) is 5.75 Å². The molecule has 3 N–H and O–H groups in total. The summed E-state index contributed by atoms with van der Waals surface area (Å²) in [6.07, 6.45) is 4.74. The normalized spacial score (nSPS) is 15.1. The zero-order valence-electron chi connectivity index (χ0n) is 9.65. The van der Waals surface area contributed by atoms with E-state index in [4.69, 9.17) is 10.2 Å². The summed E-state index contributed by atoms with van der Waals surface area (Å²) in [5.41, 5.74) is 0.796. The maximum absolute atomic E-state index is 9.13. The molecule has 0 bridgehead atoms. The topological polar surface area (TPSA) is 52.5 Å². The van der Waals surface area contributed by atoms with Gasteiger partial charge >= 0.3 is 0 Å². The molecule has 16 heavy (non-hydrogen) atoms. The van der Waals surface area contributed by atoms with Crippen molar-refractivity contribution in [1.82, 2.24) is 5.32 Å². The minimum atomic E-state index is 0.0809. The van der Waals surface area contributed by atoms with Gasteiger partial charge in [0.05, 0.1) is 0 Å². The van der Waals surface area contributed by atoms with Crippen molar-refractivity contribution in [1.29, 1.82) is 0 Å². The number of benzene rings is 1. The number of hydrogen-bond donors (Lipinski definition) is 3. The maximum Gasteiger partial charge on any atom is 0.118 e. The molecule has 3 nitrogen and oxygen atoms in total. The van der Waals surface area contributed by atoms with E-state index < -0.39 is 0 Å². The van der Waals surface area contributed by atoms with Gasteiger partial charge in [-0.1, -0.05) is 24.6 Å². The summed E-state index contributed by atoms with van der Waals surface area (Å²) < 4.78 is 0. The van der Waals surface area contributed by atoms with Crippen molar-refractivity contribution in [2.75, 3.05) is 19.7 Å². The van der Waals surface area contributed by atoms with E-state index in [1.165, 1.54) is 32.4 Å². The first-order chi connectivity index (χ1) is 7.84. The van der Waals surface area contributed by atoms with E-state index >= 15 is 0 Å². The van der Waals surface area contributed by atoms with Crippen molar-refractivity contribution in [2.24, 2.45) is 0 Å². The van der Waals surface area contributed by atoms with Crippen LogP contribution in [0.2, 0.25) is 0 Å². The molecule has 0 atom stereocenters. The molecule has 1 aliphatic rings. The third kappa shape index (κ3) is 5.14. The number of aromatic hydroxyl groups is 1. The molecule has 90 valence electrons. The molecule has 0 saturated carbocycles. The molecule has 0 aromatic heterocycles. The van der Waals surface area contributed by atoms with Gasteiger partial charge in [-0.2, -0.15) is 0 Å². The van der Waals surface area contributed by atoms with Gasteiger partial charge in [0.2, 0.25) is 0 Å². The lowest BCUT2D eigenvalue weighted by Crippen LogP contribution is -2.21. The highest BCUT2D eigenvalue weighted by Crippen LogP contribution is 2.15. The molecule has 1 saturated heterocycles. The number of phenolic OH excluding ortho intramolecular Hbond substituents is 1. The maximum atomic E-state index is 9.13. The number of piperidine rings is 1. The first-order valence-corrected chi connectivity index (χ1v) is 5.93. The van der Waals surface area contributed by atoms with Gasteiger partial charge in [-0.15, -0.1) is 0 Å². The number of aliphatic hydroxyl groups is 1. The van der Waals surface area contributed by atoms with Crippen molar-refractivity contribution in [3.05, 3.63) is 29.8 Å². The van der Waals surface area contributed by atoms with Gasteiger partial charge < -0.3 is 15.5 Å². The lowest BCUT2D eigenvalue weighted by molar-refractivity contribution is 0.297. The Labute approximate surface area is 97.1 Å². The quantitative estimate of drug-likeness (QED) is 0.715. The van der Waals surface area contributed by atoms with Crippen molar-refractivity contribution in [3.63, 3.8) is 0 Å². The lowest BCUT2D eigenvalue weighted by atomic mass is 10.1. The first kappa shape index (κ1) is 13.0. The van der Waals surface area contributed by atoms with Gasteiger partial charge in [0.15, 0.2) is 0 Å². The van der Waals surface area contributed by atoms with E-state index in [0.717, 1.165) is 5.56 Å². The van der Waals surface area contributed by atoms with Crippen LogP contribution < -0.4 is 5.32 Å². The summed E-state index contributed by atoms with van der Waals surface area (Å²) in [5, 5.41) is 20.9. The van der Waals surface area contributed by atoms with Crippen LogP contribution in [0, 0.1) is 0 Å². The molecule has 0 aliphatic carbocycles. The van der Waals surface area contributed by atoms with Crippen LogP contribution in [-0.4, -0.2) is 29.9 Å². The molecular formula is C13H21NO2. The van der Waals surface area contributed by atoms with Gasteiger partial charge in [-0.25, -0.2) is 0 Å². The Morgan fingerprint density at radius 2 is 1.75 bits per heavy atom. The molecule has 1 heterocycles. The molecule has 1 aliphatic heterocycles. The minimum absolute atomic E-state index is 0.0809. The van der Waals surface area contributed by atoms with Crippen LogP contribution in [0.5, 0.6) is 5.75 Å². The zero-order chi connectivity index (χ0) is 11.6. The standard InChI is InChI=1S/C8H10O2.C5H11N/c9-6-5-7-3-1-2-4-8(7)10;1-2-4-6-5-3-1/h1-4,9-10H,5-6H2;6H,1-5H2. The molecule has 1 fully saturated rings. The Balaban J connectivity index is 0.000000181. The largest absolute Gasteiger partial charge is 0.508 e. The first-order valence-electron chi connectivity index (χ1n) is 5.93. The van der Waals surface area contributed by atoms with Gasteiger partial charge in [0.25, 0.3) is 0 Å². The molecule has 0 spiro atoms. The van der Waals surface area contributed by atoms with Crippen molar-refractivity contribution in [3.8, 4) is 5.75 Å². The Morgan fingerprint density at radius 3 is 2.19 bits per heavy atom. The Kier molecular flexibility index (Phi) is 6.61. The number of para-hydroxylation sites is 1. The van der Waals surface area contributed by atoms with E-state index in [9.17, 15) is 0 Å². The van der Waals surface area contributed by atoms with Crippen molar-refractivity contribution >= 4 is 0 Å². The Hall–Kier alpha value is -1.06. The SMILES string of the molecule is C1CCNCC1.OCCc1ccccc1O. The second kappa shape index (κ2) is 8.13. The summed E-state index contributed by atoms with van der Waals surface area (Å²) in [7, 11) is 0. The second-order valence-corrected chi connectivity index (χ2v) is 3.91. The highest BCUT2D eigenvalue weighted by Gasteiger charge is 1.96. The second-order valence-electron chi connectivity index (χ2n) is 3.91. The van der Waals surface area contributed by atoms with Crippen molar-refractivity contribution < 1.29 is 10.2 Å². The summed E-state index contributed by atoms with van der Waals surface area (Å²) in [6, 6.07) is 7.01. The van der Waals surface area contributed by atoms with Gasteiger partial charge in [-0.3, -0.25) is 0 Å². The van der Waals surface area contributed by atoms with E-state index in [1.807, 2.05) is 6.07 Å². The smallest absolute Gasteiger partial charge is 0.118 e. The molecule has 3 heteroatoms. The summed E-state index contributed by atoms with van der Waals surface area (Å²) in [4.78, 5) is 0. The zero-order valence-corrected chi connectivity index (χ0v) is 9.65. The molecule has 0 radical (unpaired) electrons. The van der Waals surface area contributed by atoms with E-state index in [-0.39, 0.29) is 12.4 Å². The summed E-state index contributed by atoms with van der Waals surface area (Å²) in [6.45, 7) is 2.58. The number of hydrogen-bond acceptors (Lipinski definition) is 3. The monoisotopic (exact) mass is 223 g/mol. The average Bonchev–Trinajstić information content (AvgIpc) is 2.35. The van der Waals surface area contributed by atoms with E-state index in [0.29, 0.717) is 6.42 Å². The predicted octanol–water partition coefficient (Wildman–Crippen LogP) is 1.69. The van der Waals surface area contributed by atoms with E-state index in [1.54, 1.807) is 18.2 Å². The number of aliphatic hydroxyl groups excluding tert-OH is 1. The summed E-state index contributed by atoms with van der Waals surface area (Å²) >= 11 is 0. The highest BCUT2D eigenvalue weighted by molar-refractivity contribution is 5.31. The fourth-order valence-electron chi connectivity index (χ4n) is 1.64. The predicted molar refractivity (Wildman–Crippen MR) is 65.6 cm³/mol. The van der Waals surface area contributed by atoms with Gasteiger partial charge in [0, 0.05) is 6.61 Å². The van der Waals surface area contributed by atoms with E-state index in [2.05, 4.69) is 5.32 Å². The molecular weight excluding hydrogens is 202 g/mol. The molecule has 2 rings (SSSR count).